The average Bonchev–Trinajstić information content (AvgIpc) is 2.37. The molecule has 20 heavy (non-hydrogen) atoms. The Morgan fingerprint density at radius 1 is 0.500 bits per heavy atom. The molecule has 0 aliphatic carbocycles. The van der Waals surface area contributed by atoms with Crippen LogP contribution in [0.1, 0.15) is 65.2 Å². The van der Waals surface area contributed by atoms with Crippen molar-refractivity contribution in [2.75, 3.05) is 38.0 Å². The Bertz CT molecular complexity index is 151. The summed E-state index contributed by atoms with van der Waals surface area (Å²) in [5.74, 6) is 0. The predicted molar refractivity (Wildman–Crippen MR) is 114 cm³/mol. The van der Waals surface area contributed by atoms with Gasteiger partial charge in [-0.3, -0.25) is 0 Å². The lowest BCUT2D eigenvalue weighted by Gasteiger charge is -2.16. The molecule has 0 aromatic heterocycles. The molecule has 0 nitrogen and oxygen atoms in total. The molecule has 0 bridgehead atoms. The second kappa shape index (κ2) is 20.8. The van der Waals surface area contributed by atoms with Crippen LogP contribution in [0.2, 0.25) is 0 Å². The molecule has 2 atom stereocenters. The van der Waals surface area contributed by atoms with Crippen molar-refractivity contribution < 1.29 is 0 Å². The molecule has 0 heterocycles. The molecular formula is C16H38Br2P2. The molecule has 0 aliphatic heterocycles. The van der Waals surface area contributed by atoms with Gasteiger partial charge in [0.1, 0.15) is 0 Å². The summed E-state index contributed by atoms with van der Waals surface area (Å²) in [5.41, 5.74) is 0. The summed E-state index contributed by atoms with van der Waals surface area (Å²) in [6, 6.07) is 0. The molecule has 0 radical (unpaired) electrons. The Kier molecular flexibility index (Phi) is 27.8. The highest BCUT2D eigenvalue weighted by molar-refractivity contribution is 8.93. The minimum Gasteiger partial charge on any atom is -0.114 e. The standard InChI is InChI=1S/C16H36P2.2BrH/c1-5-7-9-11-13-17(3)15-16-18(4)14-12-10-8-6-2;;/h5-16H2,1-4H3;2*1H. The van der Waals surface area contributed by atoms with Gasteiger partial charge in [0.2, 0.25) is 0 Å². The van der Waals surface area contributed by atoms with E-state index in [-0.39, 0.29) is 34.0 Å². The van der Waals surface area contributed by atoms with Gasteiger partial charge >= 0.3 is 0 Å². The van der Waals surface area contributed by atoms with E-state index in [2.05, 4.69) is 27.2 Å². The third-order valence-electron chi connectivity index (χ3n) is 3.65. The summed E-state index contributed by atoms with van der Waals surface area (Å²) >= 11 is 0. The number of hydrogen-bond acceptors (Lipinski definition) is 0. The van der Waals surface area contributed by atoms with Gasteiger partial charge in [-0.15, -0.1) is 49.8 Å². The molecular weight excluding hydrogens is 414 g/mol. The summed E-state index contributed by atoms with van der Waals surface area (Å²) in [7, 11) is 0.730. The molecule has 0 rings (SSSR count). The van der Waals surface area contributed by atoms with Crippen LogP contribution >= 0.6 is 49.8 Å². The van der Waals surface area contributed by atoms with Crippen LogP contribution in [0, 0.1) is 0 Å². The van der Waals surface area contributed by atoms with Crippen molar-refractivity contribution in [3.63, 3.8) is 0 Å². The first kappa shape index (κ1) is 26.7. The zero-order valence-corrected chi connectivity index (χ0v) is 19.4. The maximum atomic E-state index is 2.53. The van der Waals surface area contributed by atoms with E-state index in [1.54, 1.807) is 12.3 Å². The van der Waals surface area contributed by atoms with E-state index in [9.17, 15) is 0 Å². The molecule has 126 valence electrons. The van der Waals surface area contributed by atoms with Crippen molar-refractivity contribution in [2.45, 2.75) is 65.2 Å². The van der Waals surface area contributed by atoms with E-state index < -0.39 is 0 Å². The van der Waals surface area contributed by atoms with Crippen LogP contribution in [0.25, 0.3) is 0 Å². The average molecular weight is 452 g/mol. The lowest BCUT2D eigenvalue weighted by molar-refractivity contribution is 0.704. The highest BCUT2D eigenvalue weighted by atomic mass is 79.9. The highest BCUT2D eigenvalue weighted by Gasteiger charge is 2.05. The summed E-state index contributed by atoms with van der Waals surface area (Å²) in [4.78, 5) is 0. The molecule has 0 N–H and O–H groups in total. The van der Waals surface area contributed by atoms with E-state index in [1.165, 1.54) is 63.7 Å². The first-order valence-corrected chi connectivity index (χ1v) is 12.4. The Morgan fingerprint density at radius 2 is 0.850 bits per heavy atom. The van der Waals surface area contributed by atoms with Crippen LogP contribution in [-0.2, 0) is 0 Å². The molecule has 4 heteroatoms. The zero-order valence-electron chi connectivity index (χ0n) is 14.2. The topological polar surface area (TPSA) is 0 Å². The Morgan fingerprint density at radius 3 is 1.15 bits per heavy atom. The van der Waals surface area contributed by atoms with E-state index >= 15 is 0 Å². The van der Waals surface area contributed by atoms with Crippen molar-refractivity contribution in [2.24, 2.45) is 0 Å². The van der Waals surface area contributed by atoms with Crippen LogP contribution in [0.4, 0.5) is 0 Å². The maximum absolute atomic E-state index is 2.53. The van der Waals surface area contributed by atoms with E-state index in [0.29, 0.717) is 15.8 Å². The fourth-order valence-electron chi connectivity index (χ4n) is 2.18. The van der Waals surface area contributed by atoms with Gasteiger partial charge in [0.05, 0.1) is 0 Å². The maximum Gasteiger partial charge on any atom is -0.0289 e. The van der Waals surface area contributed by atoms with Crippen molar-refractivity contribution in [3.05, 3.63) is 0 Å². The van der Waals surface area contributed by atoms with Crippen molar-refractivity contribution in [3.8, 4) is 0 Å². The minimum atomic E-state index is 0. The summed E-state index contributed by atoms with van der Waals surface area (Å²) in [6.45, 7) is 9.66. The molecule has 0 amide bonds. The summed E-state index contributed by atoms with van der Waals surface area (Å²) in [6.07, 6.45) is 17.8. The van der Waals surface area contributed by atoms with Gasteiger partial charge in [-0.1, -0.05) is 52.4 Å². The summed E-state index contributed by atoms with van der Waals surface area (Å²) in [5, 5.41) is 0. The normalized spacial score (nSPS) is 13.2. The molecule has 0 aliphatic rings. The Balaban J connectivity index is -0.00000144. The highest BCUT2D eigenvalue weighted by Crippen LogP contribution is 2.39. The zero-order chi connectivity index (χ0) is 13.6. The van der Waals surface area contributed by atoms with Gasteiger partial charge in [-0.2, -0.15) is 0 Å². The smallest absolute Gasteiger partial charge is 0.0289 e. The van der Waals surface area contributed by atoms with Crippen LogP contribution in [-0.4, -0.2) is 38.0 Å². The lowest BCUT2D eigenvalue weighted by atomic mass is 10.2. The Labute approximate surface area is 152 Å². The van der Waals surface area contributed by atoms with Crippen molar-refractivity contribution in [1.82, 2.24) is 0 Å². The number of unbranched alkanes of at least 4 members (excludes halogenated alkanes) is 6. The molecule has 0 aromatic rings. The van der Waals surface area contributed by atoms with Gasteiger partial charge in [-0.05, 0) is 50.8 Å². The fraction of sp³-hybridized carbons (Fsp3) is 1.00. The van der Waals surface area contributed by atoms with E-state index in [0.717, 1.165) is 0 Å². The van der Waals surface area contributed by atoms with E-state index in [1.807, 2.05) is 0 Å². The Hall–Kier alpha value is 1.82. The first-order valence-electron chi connectivity index (χ1n) is 8.07. The molecule has 0 saturated carbocycles. The second-order valence-electron chi connectivity index (χ2n) is 5.73. The van der Waals surface area contributed by atoms with Gasteiger partial charge in [0.25, 0.3) is 0 Å². The number of halogens is 2. The molecule has 2 unspecified atom stereocenters. The van der Waals surface area contributed by atoms with Gasteiger partial charge < -0.3 is 0 Å². The van der Waals surface area contributed by atoms with Crippen LogP contribution in [0.3, 0.4) is 0 Å². The molecule has 0 spiro atoms. The SMILES string of the molecule is Br.Br.CCCCCCP(C)CCP(C)CCCCCC. The van der Waals surface area contributed by atoms with Crippen LogP contribution < -0.4 is 0 Å². The number of hydrogen-bond donors (Lipinski definition) is 0. The minimum absolute atomic E-state index is 0. The third kappa shape index (κ3) is 19.8. The largest absolute Gasteiger partial charge is 0.114 e. The predicted octanol–water partition coefficient (Wildman–Crippen LogP) is 7.53. The van der Waals surface area contributed by atoms with Crippen LogP contribution in [0.5, 0.6) is 0 Å². The molecule has 0 fully saturated rings. The van der Waals surface area contributed by atoms with Gasteiger partial charge in [0.15, 0.2) is 0 Å². The van der Waals surface area contributed by atoms with Gasteiger partial charge in [0, 0.05) is 0 Å². The monoisotopic (exact) mass is 450 g/mol. The quantitative estimate of drug-likeness (QED) is 0.200. The van der Waals surface area contributed by atoms with Gasteiger partial charge in [-0.25, -0.2) is 0 Å². The van der Waals surface area contributed by atoms with Crippen molar-refractivity contribution >= 4 is 49.8 Å². The lowest BCUT2D eigenvalue weighted by Crippen LogP contribution is -1.96. The van der Waals surface area contributed by atoms with E-state index in [4.69, 9.17) is 0 Å². The van der Waals surface area contributed by atoms with Crippen molar-refractivity contribution in [1.29, 1.82) is 0 Å². The second-order valence-corrected chi connectivity index (χ2v) is 10.9. The third-order valence-corrected chi connectivity index (χ3v) is 8.14. The molecule has 0 saturated heterocycles. The fourth-order valence-corrected chi connectivity index (χ4v) is 6.89. The summed E-state index contributed by atoms with van der Waals surface area (Å²) < 4.78 is 0. The molecule has 0 aromatic carbocycles. The number of rotatable bonds is 13. The first-order chi connectivity index (χ1) is 8.70. The van der Waals surface area contributed by atoms with Crippen LogP contribution in [0.15, 0.2) is 0 Å².